The molecule has 0 fully saturated rings. The summed E-state index contributed by atoms with van der Waals surface area (Å²) in [5.74, 6) is 0.148. The largest absolute Gasteiger partial charge is 0.468 e. The second kappa shape index (κ2) is 9.31. The Morgan fingerprint density at radius 2 is 1.76 bits per heavy atom. The van der Waals surface area contributed by atoms with Gasteiger partial charge in [0.1, 0.15) is 5.76 Å². The summed E-state index contributed by atoms with van der Waals surface area (Å²) in [6, 6.07) is 16.3. The molecule has 0 unspecified atom stereocenters. The van der Waals surface area contributed by atoms with Crippen LogP contribution in [0.2, 0.25) is 0 Å². The van der Waals surface area contributed by atoms with Crippen molar-refractivity contribution in [3.63, 3.8) is 0 Å². The van der Waals surface area contributed by atoms with Gasteiger partial charge >= 0.3 is 0 Å². The maximum atomic E-state index is 12.3. The summed E-state index contributed by atoms with van der Waals surface area (Å²) in [6.07, 6.45) is 1.47. The second-order valence-electron chi connectivity index (χ2n) is 5.82. The number of nitrogens with one attached hydrogen (secondary N) is 3. The fourth-order valence-corrected chi connectivity index (χ4v) is 4.03. The molecule has 7 nitrogen and oxygen atoms in total. The summed E-state index contributed by atoms with van der Waals surface area (Å²) in [6.45, 7) is 0.0560. The molecule has 0 aliphatic carbocycles. The van der Waals surface area contributed by atoms with Gasteiger partial charge in [-0.2, -0.15) is 0 Å². The van der Waals surface area contributed by atoms with Crippen LogP contribution < -0.4 is 15.4 Å². The maximum Gasteiger partial charge on any atom is 0.258 e. The smallest absolute Gasteiger partial charge is 0.258 e. The molecule has 29 heavy (non-hydrogen) atoms. The third-order valence-electron chi connectivity index (χ3n) is 3.78. The van der Waals surface area contributed by atoms with Crippen molar-refractivity contribution in [3.05, 3.63) is 82.7 Å². The third-order valence-corrected chi connectivity index (χ3v) is 6.10. The average molecular weight is 494 g/mol. The van der Waals surface area contributed by atoms with Gasteiger partial charge in [-0.15, -0.1) is 0 Å². The first kappa shape index (κ1) is 21.2. The summed E-state index contributed by atoms with van der Waals surface area (Å²) in [4.78, 5) is 12.4. The van der Waals surface area contributed by atoms with Crippen LogP contribution in [0.4, 0.5) is 5.69 Å². The summed E-state index contributed by atoms with van der Waals surface area (Å²) >= 11 is 8.46. The highest BCUT2D eigenvalue weighted by atomic mass is 79.9. The Hall–Kier alpha value is -2.53. The monoisotopic (exact) mass is 493 g/mol. The van der Waals surface area contributed by atoms with Gasteiger partial charge in [0.15, 0.2) is 5.11 Å². The number of amides is 1. The van der Waals surface area contributed by atoms with E-state index in [9.17, 15) is 13.2 Å². The molecule has 0 saturated heterocycles. The number of rotatable bonds is 6. The Labute approximate surface area is 181 Å². The lowest BCUT2D eigenvalue weighted by molar-refractivity contribution is 0.0977. The van der Waals surface area contributed by atoms with Crippen LogP contribution in [0.3, 0.4) is 0 Å². The molecule has 0 spiro atoms. The Kier molecular flexibility index (Phi) is 6.80. The van der Waals surface area contributed by atoms with Crippen molar-refractivity contribution in [1.29, 1.82) is 0 Å². The number of carbonyl (C=O) groups excluding carboxylic acids is 1. The third kappa shape index (κ3) is 5.73. The van der Waals surface area contributed by atoms with Crippen LogP contribution in [0.25, 0.3) is 0 Å². The van der Waals surface area contributed by atoms with Gasteiger partial charge in [-0.05, 0) is 76.7 Å². The van der Waals surface area contributed by atoms with Gasteiger partial charge in [0, 0.05) is 10.2 Å². The molecule has 0 atom stereocenters. The first-order valence-electron chi connectivity index (χ1n) is 8.34. The lowest BCUT2D eigenvalue weighted by Crippen LogP contribution is -2.34. The number of furan rings is 1. The minimum absolute atomic E-state index is 0.0560. The van der Waals surface area contributed by atoms with E-state index in [0.29, 0.717) is 21.5 Å². The van der Waals surface area contributed by atoms with Crippen molar-refractivity contribution in [2.24, 2.45) is 0 Å². The maximum absolute atomic E-state index is 12.3. The van der Waals surface area contributed by atoms with Crippen LogP contribution in [0.5, 0.6) is 0 Å². The minimum Gasteiger partial charge on any atom is -0.468 e. The quantitative estimate of drug-likeness (QED) is 0.453. The van der Waals surface area contributed by atoms with Gasteiger partial charge in [-0.1, -0.05) is 12.1 Å². The average Bonchev–Trinajstić information content (AvgIpc) is 3.21. The van der Waals surface area contributed by atoms with E-state index in [-0.39, 0.29) is 22.5 Å². The van der Waals surface area contributed by atoms with Gasteiger partial charge in [0.05, 0.1) is 23.3 Å². The molecule has 3 N–H and O–H groups in total. The topological polar surface area (TPSA) is 100 Å². The van der Waals surface area contributed by atoms with Crippen LogP contribution >= 0.6 is 28.1 Å². The lowest BCUT2D eigenvalue weighted by atomic mass is 10.2. The highest BCUT2D eigenvalue weighted by molar-refractivity contribution is 9.10. The van der Waals surface area contributed by atoms with Gasteiger partial charge in [-0.3, -0.25) is 10.1 Å². The molecule has 3 rings (SSSR count). The highest BCUT2D eigenvalue weighted by Gasteiger charge is 2.15. The fraction of sp³-hybridized carbons (Fsp3) is 0.0526. The van der Waals surface area contributed by atoms with Crippen molar-refractivity contribution < 1.29 is 17.6 Å². The van der Waals surface area contributed by atoms with Crippen molar-refractivity contribution >= 4 is 54.9 Å². The number of thiocarbonyl (C=S) groups is 1. The van der Waals surface area contributed by atoms with E-state index < -0.39 is 10.0 Å². The van der Waals surface area contributed by atoms with Gasteiger partial charge in [0.25, 0.3) is 5.91 Å². The van der Waals surface area contributed by atoms with Gasteiger partial charge < -0.3 is 9.73 Å². The van der Waals surface area contributed by atoms with Crippen LogP contribution in [0, 0.1) is 0 Å². The highest BCUT2D eigenvalue weighted by Crippen LogP contribution is 2.17. The molecule has 2 aromatic carbocycles. The predicted molar refractivity (Wildman–Crippen MR) is 117 cm³/mol. The van der Waals surface area contributed by atoms with E-state index in [1.807, 2.05) is 0 Å². The standard InChI is InChI=1S/C19H16BrN3O4S2/c20-17-6-2-1-5-16(17)18(24)23-19(28)22-13-7-9-15(10-8-13)29(25,26)21-12-14-4-3-11-27-14/h1-11,21H,12H2,(H2,22,23,24,28). The lowest BCUT2D eigenvalue weighted by Gasteiger charge is -2.11. The zero-order valence-electron chi connectivity index (χ0n) is 14.9. The molecule has 1 heterocycles. The van der Waals surface area contributed by atoms with Crippen LogP contribution in [0.15, 0.2) is 80.7 Å². The van der Waals surface area contributed by atoms with Crippen LogP contribution in [-0.4, -0.2) is 19.4 Å². The number of sulfonamides is 1. The molecule has 10 heteroatoms. The van der Waals surface area contributed by atoms with E-state index in [0.717, 1.165) is 0 Å². The molecule has 0 aliphatic rings. The molecule has 0 aliphatic heterocycles. The predicted octanol–water partition coefficient (Wildman–Crippen LogP) is 3.65. The summed E-state index contributed by atoms with van der Waals surface area (Å²) in [7, 11) is -3.69. The van der Waals surface area contributed by atoms with E-state index in [2.05, 4.69) is 31.3 Å². The zero-order valence-corrected chi connectivity index (χ0v) is 18.1. The Morgan fingerprint density at radius 1 is 1.03 bits per heavy atom. The van der Waals surface area contributed by atoms with Crippen LogP contribution in [0.1, 0.15) is 16.1 Å². The minimum atomic E-state index is -3.69. The number of carbonyl (C=O) groups is 1. The molecule has 1 aromatic heterocycles. The van der Waals surface area contributed by atoms with Gasteiger partial charge in [-0.25, -0.2) is 13.1 Å². The summed E-state index contributed by atoms with van der Waals surface area (Å²) < 4.78 is 32.9. The Morgan fingerprint density at radius 3 is 2.41 bits per heavy atom. The van der Waals surface area contributed by atoms with E-state index in [1.54, 1.807) is 48.5 Å². The Bertz CT molecular complexity index is 1110. The number of anilines is 1. The molecular weight excluding hydrogens is 478 g/mol. The Balaban J connectivity index is 1.59. The first-order valence-corrected chi connectivity index (χ1v) is 11.0. The number of hydrogen-bond acceptors (Lipinski definition) is 5. The molecule has 150 valence electrons. The van der Waals surface area contributed by atoms with Crippen molar-refractivity contribution in [2.75, 3.05) is 5.32 Å². The van der Waals surface area contributed by atoms with Gasteiger partial charge in [0.2, 0.25) is 10.0 Å². The zero-order chi connectivity index (χ0) is 20.9. The first-order chi connectivity index (χ1) is 13.8. The molecule has 1 amide bonds. The summed E-state index contributed by atoms with van der Waals surface area (Å²) in [5, 5.41) is 5.52. The van der Waals surface area contributed by atoms with Crippen molar-refractivity contribution in [3.8, 4) is 0 Å². The molecule has 3 aromatic rings. The summed E-state index contributed by atoms with van der Waals surface area (Å²) in [5.41, 5.74) is 0.980. The molecular formula is C19H16BrN3O4S2. The van der Waals surface area contributed by atoms with E-state index >= 15 is 0 Å². The fourth-order valence-electron chi connectivity index (χ4n) is 2.36. The molecule has 0 radical (unpaired) electrons. The van der Waals surface area contributed by atoms with Crippen molar-refractivity contribution in [1.82, 2.24) is 10.0 Å². The molecule has 0 saturated carbocycles. The van der Waals surface area contributed by atoms with Crippen LogP contribution in [-0.2, 0) is 16.6 Å². The normalized spacial score (nSPS) is 11.1. The van der Waals surface area contributed by atoms with Crippen molar-refractivity contribution in [2.45, 2.75) is 11.4 Å². The number of halogens is 1. The molecule has 0 bridgehead atoms. The second-order valence-corrected chi connectivity index (χ2v) is 8.85. The SMILES string of the molecule is O=C(NC(=S)Nc1ccc(S(=O)(=O)NCc2ccco2)cc1)c1ccccc1Br. The number of benzene rings is 2. The van der Waals surface area contributed by atoms with E-state index in [1.165, 1.54) is 18.4 Å². The van der Waals surface area contributed by atoms with E-state index in [4.69, 9.17) is 16.6 Å². The number of hydrogen-bond donors (Lipinski definition) is 3.